The summed E-state index contributed by atoms with van der Waals surface area (Å²) >= 11 is 1.64. The van der Waals surface area contributed by atoms with Crippen molar-refractivity contribution in [2.75, 3.05) is 0 Å². The van der Waals surface area contributed by atoms with Gasteiger partial charge in [0.15, 0.2) is 0 Å². The fourth-order valence-electron chi connectivity index (χ4n) is 2.44. The van der Waals surface area contributed by atoms with Gasteiger partial charge in [-0.25, -0.2) is 0 Å². The van der Waals surface area contributed by atoms with E-state index in [9.17, 15) is 4.79 Å². The highest BCUT2D eigenvalue weighted by Gasteiger charge is 2.20. The van der Waals surface area contributed by atoms with Crippen LogP contribution in [-0.4, -0.2) is 17.2 Å². The van der Waals surface area contributed by atoms with Gasteiger partial charge >= 0.3 is 0 Å². The van der Waals surface area contributed by atoms with Crippen LogP contribution in [0.1, 0.15) is 44.6 Å². The van der Waals surface area contributed by atoms with E-state index in [1.807, 2.05) is 6.92 Å². The number of thioether (sulfide) groups is 1. The molecule has 1 saturated carbocycles. The molecule has 104 valence electrons. The summed E-state index contributed by atoms with van der Waals surface area (Å²) in [5.74, 6) is 0.178. The minimum Gasteiger partial charge on any atom is -0.352 e. The lowest BCUT2D eigenvalue weighted by molar-refractivity contribution is -0.121. The Labute approximate surface area is 120 Å². The molecule has 1 aliphatic rings. The number of aryl methyl sites for hydroxylation is 1. The minimum atomic E-state index is -0.0235. The summed E-state index contributed by atoms with van der Waals surface area (Å²) in [5.41, 5.74) is 1.25. The summed E-state index contributed by atoms with van der Waals surface area (Å²) in [6.45, 7) is 4.07. The number of rotatable bonds is 4. The van der Waals surface area contributed by atoms with Gasteiger partial charge in [-0.2, -0.15) is 0 Å². The minimum absolute atomic E-state index is 0.0235. The maximum absolute atomic E-state index is 12.2. The van der Waals surface area contributed by atoms with Crippen molar-refractivity contribution in [1.29, 1.82) is 0 Å². The predicted molar refractivity (Wildman–Crippen MR) is 81.5 cm³/mol. The van der Waals surface area contributed by atoms with Gasteiger partial charge in [-0.15, -0.1) is 11.8 Å². The van der Waals surface area contributed by atoms with Crippen LogP contribution in [0, 0.1) is 6.92 Å². The van der Waals surface area contributed by atoms with Gasteiger partial charge < -0.3 is 5.32 Å². The first kappa shape index (κ1) is 14.4. The first-order chi connectivity index (χ1) is 9.15. The zero-order chi connectivity index (χ0) is 13.7. The van der Waals surface area contributed by atoms with Gasteiger partial charge in [-0.3, -0.25) is 4.79 Å². The van der Waals surface area contributed by atoms with Crippen molar-refractivity contribution in [3.63, 3.8) is 0 Å². The van der Waals surface area contributed by atoms with Crippen molar-refractivity contribution in [3.8, 4) is 0 Å². The van der Waals surface area contributed by atoms with Crippen LogP contribution in [0.2, 0.25) is 0 Å². The Balaban J connectivity index is 1.83. The molecule has 1 amide bonds. The van der Waals surface area contributed by atoms with Crippen molar-refractivity contribution >= 4 is 17.7 Å². The number of nitrogens with one attached hydrogen (secondary N) is 1. The predicted octanol–water partition coefficient (Wildman–Crippen LogP) is 3.92. The van der Waals surface area contributed by atoms with E-state index < -0.39 is 0 Å². The zero-order valence-electron chi connectivity index (χ0n) is 11.8. The highest BCUT2D eigenvalue weighted by atomic mass is 32.2. The summed E-state index contributed by atoms with van der Waals surface area (Å²) in [5, 5.41) is 3.17. The molecule has 0 saturated heterocycles. The molecule has 1 aliphatic carbocycles. The van der Waals surface area contributed by atoms with Crippen molar-refractivity contribution in [2.24, 2.45) is 0 Å². The second-order valence-corrected chi connectivity index (χ2v) is 6.83. The fourth-order valence-corrected chi connectivity index (χ4v) is 3.32. The van der Waals surface area contributed by atoms with Gasteiger partial charge in [-0.1, -0.05) is 37.0 Å². The molecule has 0 spiro atoms. The van der Waals surface area contributed by atoms with Crippen LogP contribution < -0.4 is 5.32 Å². The van der Waals surface area contributed by atoms with Gasteiger partial charge in [0.1, 0.15) is 0 Å². The molecule has 1 atom stereocenters. The molecule has 1 aromatic carbocycles. The van der Waals surface area contributed by atoms with E-state index in [-0.39, 0.29) is 11.2 Å². The number of amides is 1. The molecule has 19 heavy (non-hydrogen) atoms. The number of hydrogen-bond acceptors (Lipinski definition) is 2. The van der Waals surface area contributed by atoms with E-state index in [1.54, 1.807) is 11.8 Å². The van der Waals surface area contributed by atoms with E-state index in [2.05, 4.69) is 36.5 Å². The van der Waals surface area contributed by atoms with Crippen molar-refractivity contribution in [1.82, 2.24) is 5.32 Å². The molecule has 1 aromatic rings. The molecule has 0 aromatic heterocycles. The number of benzene rings is 1. The fraction of sp³-hybridized carbons (Fsp3) is 0.562. The maximum Gasteiger partial charge on any atom is 0.233 e. The van der Waals surface area contributed by atoms with Crippen molar-refractivity contribution in [3.05, 3.63) is 29.8 Å². The van der Waals surface area contributed by atoms with Crippen molar-refractivity contribution in [2.45, 2.75) is 62.1 Å². The van der Waals surface area contributed by atoms with Crippen LogP contribution >= 0.6 is 11.8 Å². The molecule has 0 bridgehead atoms. The van der Waals surface area contributed by atoms with E-state index in [0.717, 1.165) is 17.7 Å². The van der Waals surface area contributed by atoms with E-state index in [4.69, 9.17) is 0 Å². The Kier molecular flexibility index (Phi) is 5.32. The Morgan fingerprint density at radius 3 is 2.47 bits per heavy atom. The number of carbonyl (C=O) groups is 1. The SMILES string of the molecule is Cc1ccc(S[C@@H](C)C(=O)NC2CCCCC2)cc1. The molecule has 0 aliphatic heterocycles. The largest absolute Gasteiger partial charge is 0.352 e. The first-order valence-electron chi connectivity index (χ1n) is 7.19. The summed E-state index contributed by atoms with van der Waals surface area (Å²) in [6.07, 6.45) is 6.12. The van der Waals surface area contributed by atoms with Gasteiger partial charge in [0, 0.05) is 10.9 Å². The Morgan fingerprint density at radius 1 is 1.21 bits per heavy atom. The highest BCUT2D eigenvalue weighted by molar-refractivity contribution is 8.00. The van der Waals surface area contributed by atoms with E-state index in [1.165, 1.54) is 24.8 Å². The molecule has 1 N–H and O–H groups in total. The third kappa shape index (κ3) is 4.57. The van der Waals surface area contributed by atoms with E-state index >= 15 is 0 Å². The Morgan fingerprint density at radius 2 is 1.84 bits per heavy atom. The second kappa shape index (κ2) is 6.99. The molecule has 2 nitrogen and oxygen atoms in total. The van der Waals surface area contributed by atoms with Crippen LogP contribution in [0.4, 0.5) is 0 Å². The monoisotopic (exact) mass is 277 g/mol. The van der Waals surface area contributed by atoms with Gasteiger partial charge in [0.05, 0.1) is 5.25 Å². The Bertz CT molecular complexity index is 409. The number of carbonyl (C=O) groups excluding carboxylic acids is 1. The summed E-state index contributed by atoms with van der Waals surface area (Å²) in [7, 11) is 0. The average Bonchev–Trinajstić information content (AvgIpc) is 2.42. The molecular weight excluding hydrogens is 254 g/mol. The maximum atomic E-state index is 12.2. The normalized spacial score (nSPS) is 18.0. The topological polar surface area (TPSA) is 29.1 Å². The molecule has 1 fully saturated rings. The van der Waals surface area contributed by atoms with Gasteiger partial charge in [0.2, 0.25) is 5.91 Å². The summed E-state index contributed by atoms with van der Waals surface area (Å²) < 4.78 is 0. The molecular formula is C16H23NOS. The summed E-state index contributed by atoms with van der Waals surface area (Å²) in [6, 6.07) is 8.76. The first-order valence-corrected chi connectivity index (χ1v) is 8.07. The van der Waals surface area contributed by atoms with Crippen LogP contribution in [0.5, 0.6) is 0 Å². The smallest absolute Gasteiger partial charge is 0.233 e. The molecule has 2 rings (SSSR count). The quantitative estimate of drug-likeness (QED) is 0.845. The second-order valence-electron chi connectivity index (χ2n) is 5.42. The van der Waals surface area contributed by atoms with Gasteiger partial charge in [-0.05, 0) is 38.8 Å². The molecule has 3 heteroatoms. The van der Waals surface area contributed by atoms with Crippen LogP contribution in [0.25, 0.3) is 0 Å². The average molecular weight is 277 g/mol. The lowest BCUT2D eigenvalue weighted by Crippen LogP contribution is -2.40. The molecule has 0 unspecified atom stereocenters. The summed E-state index contributed by atoms with van der Waals surface area (Å²) in [4.78, 5) is 13.3. The Hall–Kier alpha value is -0.960. The molecule has 0 heterocycles. The third-order valence-electron chi connectivity index (χ3n) is 3.65. The van der Waals surface area contributed by atoms with Crippen molar-refractivity contribution < 1.29 is 4.79 Å². The zero-order valence-corrected chi connectivity index (χ0v) is 12.6. The third-order valence-corrected chi connectivity index (χ3v) is 4.77. The standard InChI is InChI=1S/C16H23NOS/c1-12-8-10-15(11-9-12)19-13(2)16(18)17-14-6-4-3-5-7-14/h8-11,13-14H,3-7H2,1-2H3,(H,17,18)/t13-/m0/s1. The van der Waals surface area contributed by atoms with Crippen LogP contribution in [-0.2, 0) is 4.79 Å². The van der Waals surface area contributed by atoms with Gasteiger partial charge in [0.25, 0.3) is 0 Å². The van der Waals surface area contributed by atoms with Crippen LogP contribution in [0.15, 0.2) is 29.2 Å². The lowest BCUT2D eigenvalue weighted by atomic mass is 9.95. The molecule has 0 radical (unpaired) electrons. The lowest BCUT2D eigenvalue weighted by Gasteiger charge is -2.24. The highest BCUT2D eigenvalue weighted by Crippen LogP contribution is 2.24. The van der Waals surface area contributed by atoms with E-state index in [0.29, 0.717) is 6.04 Å². The van der Waals surface area contributed by atoms with Crippen LogP contribution in [0.3, 0.4) is 0 Å². The number of hydrogen-bond donors (Lipinski definition) is 1.